The summed E-state index contributed by atoms with van der Waals surface area (Å²) in [6, 6.07) is 8.10. The van der Waals surface area contributed by atoms with E-state index >= 15 is 0 Å². The van der Waals surface area contributed by atoms with Gasteiger partial charge in [-0.25, -0.2) is 0 Å². The third-order valence-electron chi connectivity index (χ3n) is 4.87. The van der Waals surface area contributed by atoms with E-state index < -0.39 is 0 Å². The fourth-order valence-electron chi connectivity index (χ4n) is 3.73. The van der Waals surface area contributed by atoms with Gasteiger partial charge in [-0.3, -0.25) is 14.8 Å². The highest BCUT2D eigenvalue weighted by molar-refractivity contribution is 7.99. The van der Waals surface area contributed by atoms with E-state index in [1.54, 1.807) is 0 Å². The normalized spacial score (nSPS) is 25.9. The van der Waals surface area contributed by atoms with Gasteiger partial charge in [0.2, 0.25) is 0 Å². The maximum Gasteiger partial charge on any atom is 0.127 e. The molecule has 2 heterocycles. The Labute approximate surface area is 172 Å². The van der Waals surface area contributed by atoms with Crippen molar-refractivity contribution in [3.8, 4) is 0 Å². The van der Waals surface area contributed by atoms with E-state index in [2.05, 4.69) is 44.4 Å². The predicted molar refractivity (Wildman–Crippen MR) is 120 cm³/mol. The van der Waals surface area contributed by atoms with Crippen LogP contribution in [0.25, 0.3) is 0 Å². The van der Waals surface area contributed by atoms with Crippen molar-refractivity contribution < 1.29 is 0 Å². The van der Waals surface area contributed by atoms with Gasteiger partial charge in [0.1, 0.15) is 5.84 Å². The second-order valence-corrected chi connectivity index (χ2v) is 10.5. The lowest BCUT2D eigenvalue weighted by atomic mass is 9.85. The Kier molecular flexibility index (Phi) is 5.74. The van der Waals surface area contributed by atoms with Crippen molar-refractivity contribution >= 4 is 52.1 Å². The molecule has 0 bridgehead atoms. The molecular weight excluding hydrogens is 382 g/mol. The van der Waals surface area contributed by atoms with Crippen LogP contribution in [0.1, 0.15) is 34.6 Å². The van der Waals surface area contributed by atoms with Gasteiger partial charge in [-0.05, 0) is 32.9 Å². The zero-order chi connectivity index (χ0) is 19.1. The van der Waals surface area contributed by atoms with Gasteiger partial charge in [0.15, 0.2) is 0 Å². The summed E-state index contributed by atoms with van der Waals surface area (Å²) in [5.41, 5.74) is 0.568. The molecule has 0 N–H and O–H groups in total. The second kappa shape index (κ2) is 7.42. The number of benzene rings is 1. The van der Waals surface area contributed by atoms with Crippen LogP contribution in [-0.4, -0.2) is 51.9 Å². The molecule has 0 radical (unpaired) electrons. The molecule has 1 atom stereocenters. The Hall–Kier alpha value is -0.620. The first-order valence-corrected chi connectivity index (χ1v) is 11.1. The Morgan fingerprint density at radius 3 is 2.38 bits per heavy atom. The lowest BCUT2D eigenvalue weighted by Crippen LogP contribution is -2.51. The van der Waals surface area contributed by atoms with Crippen LogP contribution in [0, 0.1) is 5.41 Å². The van der Waals surface area contributed by atoms with Crippen LogP contribution in [0.3, 0.4) is 0 Å². The smallest absolute Gasteiger partial charge is 0.127 e. The number of hydrogen-bond acceptors (Lipinski definition) is 4. The second-order valence-electron chi connectivity index (χ2n) is 8.51. The Morgan fingerprint density at radius 1 is 1.19 bits per heavy atom. The van der Waals surface area contributed by atoms with Crippen LogP contribution in [0.4, 0.5) is 5.69 Å². The van der Waals surface area contributed by atoms with Gasteiger partial charge >= 0.3 is 0 Å². The van der Waals surface area contributed by atoms with E-state index in [4.69, 9.17) is 28.8 Å². The number of hydrogen-bond donors (Lipinski definition) is 0. The molecule has 26 heavy (non-hydrogen) atoms. The van der Waals surface area contributed by atoms with Crippen LogP contribution >= 0.6 is 35.6 Å². The number of thioether (sulfide) groups is 1. The summed E-state index contributed by atoms with van der Waals surface area (Å²) in [5.74, 6) is 3.36. The highest BCUT2D eigenvalue weighted by atomic mass is 35.5. The van der Waals surface area contributed by atoms with Gasteiger partial charge in [0.25, 0.3) is 0 Å². The van der Waals surface area contributed by atoms with Crippen molar-refractivity contribution in [2.24, 2.45) is 10.4 Å². The van der Waals surface area contributed by atoms with E-state index in [9.17, 15) is 0 Å². The SMILES string of the molecule is CC(C)(C)N=C1C(N2CCSCC2)C(C)(C)C(=S)N1c1ccccc1Cl. The molecule has 1 aromatic rings. The first-order valence-electron chi connectivity index (χ1n) is 9.13. The van der Waals surface area contributed by atoms with Crippen molar-refractivity contribution in [2.75, 3.05) is 29.5 Å². The van der Waals surface area contributed by atoms with Crippen LogP contribution in [0.15, 0.2) is 29.3 Å². The van der Waals surface area contributed by atoms with E-state index in [1.165, 1.54) is 0 Å². The zero-order valence-corrected chi connectivity index (χ0v) is 18.6. The van der Waals surface area contributed by atoms with Crippen LogP contribution in [-0.2, 0) is 0 Å². The van der Waals surface area contributed by atoms with E-state index in [-0.39, 0.29) is 17.0 Å². The number of halogens is 1. The number of para-hydroxylation sites is 1. The topological polar surface area (TPSA) is 18.8 Å². The van der Waals surface area contributed by atoms with Crippen molar-refractivity contribution in [3.63, 3.8) is 0 Å². The van der Waals surface area contributed by atoms with Gasteiger partial charge in [0, 0.05) is 30.0 Å². The number of anilines is 1. The van der Waals surface area contributed by atoms with Crippen molar-refractivity contribution in [1.29, 1.82) is 0 Å². The molecule has 1 unspecified atom stereocenters. The minimum Gasteiger partial charge on any atom is -0.291 e. The van der Waals surface area contributed by atoms with Crippen LogP contribution in [0.2, 0.25) is 5.02 Å². The van der Waals surface area contributed by atoms with Gasteiger partial charge in [-0.15, -0.1) is 0 Å². The number of aliphatic imine (C=N–C) groups is 1. The fourth-order valence-corrected chi connectivity index (χ4v) is 5.19. The maximum atomic E-state index is 6.56. The van der Waals surface area contributed by atoms with Crippen LogP contribution in [0.5, 0.6) is 0 Å². The molecule has 0 aromatic heterocycles. The molecule has 0 spiro atoms. The molecule has 3 nitrogen and oxygen atoms in total. The minimum atomic E-state index is -0.187. The Balaban J connectivity index is 2.15. The summed E-state index contributed by atoms with van der Waals surface area (Å²) >= 11 is 14.6. The van der Waals surface area contributed by atoms with Gasteiger partial charge in [-0.1, -0.05) is 49.8 Å². The summed E-state index contributed by atoms with van der Waals surface area (Å²) in [6.45, 7) is 13.1. The summed E-state index contributed by atoms with van der Waals surface area (Å²) in [5, 5.41) is 0.710. The third kappa shape index (κ3) is 3.82. The zero-order valence-electron chi connectivity index (χ0n) is 16.3. The van der Waals surface area contributed by atoms with Crippen molar-refractivity contribution in [1.82, 2.24) is 4.90 Å². The third-order valence-corrected chi connectivity index (χ3v) is 6.84. The number of nitrogens with zero attached hydrogens (tertiary/aromatic N) is 3. The molecule has 142 valence electrons. The number of thiocarbonyl (C=S) groups is 1. The molecule has 1 aromatic carbocycles. The van der Waals surface area contributed by atoms with E-state index in [0.29, 0.717) is 5.02 Å². The lowest BCUT2D eigenvalue weighted by molar-refractivity contribution is 0.201. The minimum absolute atomic E-state index is 0.173. The molecule has 2 fully saturated rings. The average molecular weight is 410 g/mol. The monoisotopic (exact) mass is 409 g/mol. The highest BCUT2D eigenvalue weighted by Crippen LogP contribution is 2.43. The standard InChI is InChI=1S/C20H28ClN3S2/c1-19(2,3)22-17-16(23-10-12-26-13-11-23)20(4,5)18(25)24(17)15-9-7-6-8-14(15)21/h6-9,16H,10-13H2,1-5H3. The average Bonchev–Trinajstić information content (AvgIpc) is 2.74. The van der Waals surface area contributed by atoms with Crippen molar-refractivity contribution in [3.05, 3.63) is 29.3 Å². The highest BCUT2D eigenvalue weighted by Gasteiger charge is 2.52. The molecule has 0 aliphatic carbocycles. The predicted octanol–water partition coefficient (Wildman–Crippen LogP) is 5.13. The first kappa shape index (κ1) is 20.1. The molecule has 0 amide bonds. The fraction of sp³-hybridized carbons (Fsp3) is 0.600. The number of amidine groups is 1. The quantitative estimate of drug-likeness (QED) is 0.630. The van der Waals surface area contributed by atoms with Crippen molar-refractivity contribution in [2.45, 2.75) is 46.2 Å². The summed E-state index contributed by atoms with van der Waals surface area (Å²) in [6.07, 6.45) is 0. The number of rotatable bonds is 2. The summed E-state index contributed by atoms with van der Waals surface area (Å²) in [7, 11) is 0. The lowest BCUT2D eigenvalue weighted by Gasteiger charge is -2.38. The molecule has 2 aliphatic heterocycles. The Morgan fingerprint density at radius 2 is 1.81 bits per heavy atom. The van der Waals surface area contributed by atoms with Crippen LogP contribution < -0.4 is 4.90 Å². The summed E-state index contributed by atoms with van der Waals surface area (Å²) in [4.78, 5) is 10.8. The molecule has 6 heteroatoms. The molecule has 2 saturated heterocycles. The first-order chi connectivity index (χ1) is 12.1. The van der Waals surface area contributed by atoms with Gasteiger partial charge in [0.05, 0.1) is 27.3 Å². The Bertz CT molecular complexity index is 718. The van der Waals surface area contributed by atoms with E-state index in [1.807, 2.05) is 36.0 Å². The molecule has 2 aliphatic rings. The molecular formula is C20H28ClN3S2. The molecule has 0 saturated carbocycles. The maximum absolute atomic E-state index is 6.56. The van der Waals surface area contributed by atoms with Gasteiger partial charge in [-0.2, -0.15) is 11.8 Å². The summed E-state index contributed by atoms with van der Waals surface area (Å²) < 4.78 is 0. The molecule has 3 rings (SSSR count). The largest absolute Gasteiger partial charge is 0.291 e. The van der Waals surface area contributed by atoms with Gasteiger partial charge < -0.3 is 0 Å². The van der Waals surface area contributed by atoms with E-state index in [0.717, 1.165) is 41.1 Å².